The number of ether oxygens (including phenoxy) is 2. The summed E-state index contributed by atoms with van der Waals surface area (Å²) in [4.78, 5) is 52.2. The molecular formula is C16H16N4O6. The third-order valence-corrected chi connectivity index (χ3v) is 4.63. The molecule has 2 N–H and O–H groups in total. The van der Waals surface area contributed by atoms with Crippen LogP contribution < -0.4 is 15.2 Å². The van der Waals surface area contributed by atoms with Gasteiger partial charge in [-0.05, 0) is 18.2 Å². The Morgan fingerprint density at radius 1 is 1.15 bits per heavy atom. The molecule has 0 aliphatic carbocycles. The summed E-state index contributed by atoms with van der Waals surface area (Å²) in [5.41, 5.74) is 5.50. The van der Waals surface area contributed by atoms with Gasteiger partial charge in [-0.25, -0.2) is 4.79 Å². The van der Waals surface area contributed by atoms with Gasteiger partial charge in [-0.1, -0.05) is 0 Å². The number of fused-ring (bicyclic) bond motifs is 2. The zero-order chi connectivity index (χ0) is 18.4. The van der Waals surface area contributed by atoms with Crippen molar-refractivity contribution in [2.24, 2.45) is 5.73 Å². The number of hydrogen-bond donors (Lipinski definition) is 1. The zero-order valence-corrected chi connectivity index (χ0v) is 13.7. The third kappa shape index (κ3) is 2.50. The number of hydrogen-bond acceptors (Lipinski definition) is 6. The Hall–Kier alpha value is -3.30. The molecule has 1 aromatic carbocycles. The van der Waals surface area contributed by atoms with Crippen LogP contribution in [0.25, 0.3) is 0 Å². The number of piperazine rings is 1. The summed E-state index contributed by atoms with van der Waals surface area (Å²) < 4.78 is 10.5. The predicted molar refractivity (Wildman–Crippen MR) is 85.3 cm³/mol. The molecule has 26 heavy (non-hydrogen) atoms. The first-order valence-corrected chi connectivity index (χ1v) is 8.05. The van der Waals surface area contributed by atoms with E-state index in [2.05, 4.69) is 0 Å². The Morgan fingerprint density at radius 3 is 2.69 bits per heavy atom. The van der Waals surface area contributed by atoms with Gasteiger partial charge in [0.2, 0.25) is 12.7 Å². The fraction of sp³-hybridized carbons (Fsp3) is 0.375. The van der Waals surface area contributed by atoms with Crippen LogP contribution in [0.1, 0.15) is 10.4 Å². The SMILES string of the molecule is NC(=O)CN1C(=O)[C@@H]2CN(C(=O)c3ccc4c(c3)OCO4)CCN2C1=O. The molecule has 4 rings (SSSR count). The lowest BCUT2D eigenvalue weighted by Crippen LogP contribution is -2.54. The third-order valence-electron chi connectivity index (χ3n) is 4.63. The molecule has 0 radical (unpaired) electrons. The Labute approximate surface area is 148 Å². The van der Waals surface area contributed by atoms with E-state index in [1.54, 1.807) is 18.2 Å². The van der Waals surface area contributed by atoms with E-state index < -0.39 is 30.4 Å². The molecule has 3 aliphatic heterocycles. The van der Waals surface area contributed by atoms with Crippen molar-refractivity contribution in [1.82, 2.24) is 14.7 Å². The first-order chi connectivity index (χ1) is 12.5. The Balaban J connectivity index is 1.51. The van der Waals surface area contributed by atoms with Crippen molar-refractivity contribution < 1.29 is 28.7 Å². The number of benzene rings is 1. The molecule has 136 valence electrons. The number of nitrogens with two attached hydrogens (primary N) is 1. The maximum Gasteiger partial charge on any atom is 0.328 e. The molecule has 1 atom stereocenters. The van der Waals surface area contributed by atoms with Crippen molar-refractivity contribution in [3.8, 4) is 11.5 Å². The lowest BCUT2D eigenvalue weighted by Gasteiger charge is -2.35. The van der Waals surface area contributed by atoms with Crippen LogP contribution in [0.4, 0.5) is 4.79 Å². The molecule has 10 heteroatoms. The number of nitrogens with zero attached hydrogens (tertiary/aromatic N) is 3. The number of urea groups is 1. The summed E-state index contributed by atoms with van der Waals surface area (Å²) in [6.45, 7) is 0.210. The molecule has 0 aromatic heterocycles. The van der Waals surface area contributed by atoms with E-state index >= 15 is 0 Å². The highest BCUT2D eigenvalue weighted by Crippen LogP contribution is 2.33. The first-order valence-electron chi connectivity index (χ1n) is 8.05. The molecule has 5 amide bonds. The molecule has 10 nitrogen and oxygen atoms in total. The Bertz CT molecular complexity index is 825. The molecular weight excluding hydrogens is 344 g/mol. The van der Waals surface area contributed by atoms with Crippen LogP contribution in [0.3, 0.4) is 0 Å². The van der Waals surface area contributed by atoms with Gasteiger partial charge in [0.25, 0.3) is 11.8 Å². The summed E-state index contributed by atoms with van der Waals surface area (Å²) >= 11 is 0. The number of carbonyl (C=O) groups is 4. The highest BCUT2D eigenvalue weighted by Gasteiger charge is 2.48. The molecule has 0 saturated carbocycles. The van der Waals surface area contributed by atoms with Gasteiger partial charge in [0.05, 0.1) is 6.54 Å². The predicted octanol–water partition coefficient (Wildman–Crippen LogP) is -1.01. The van der Waals surface area contributed by atoms with Crippen LogP contribution in [-0.2, 0) is 9.59 Å². The molecule has 2 saturated heterocycles. The van der Waals surface area contributed by atoms with Crippen molar-refractivity contribution in [3.05, 3.63) is 23.8 Å². The van der Waals surface area contributed by atoms with E-state index in [0.29, 0.717) is 17.1 Å². The maximum atomic E-state index is 12.8. The van der Waals surface area contributed by atoms with Gasteiger partial charge in [0.1, 0.15) is 12.6 Å². The van der Waals surface area contributed by atoms with Crippen LogP contribution in [0, 0.1) is 0 Å². The van der Waals surface area contributed by atoms with Gasteiger partial charge in [0.15, 0.2) is 11.5 Å². The summed E-state index contributed by atoms with van der Waals surface area (Å²) in [6, 6.07) is 3.54. The summed E-state index contributed by atoms with van der Waals surface area (Å²) in [7, 11) is 0. The van der Waals surface area contributed by atoms with Crippen LogP contribution in [0.15, 0.2) is 18.2 Å². The lowest BCUT2D eigenvalue weighted by atomic mass is 10.1. The van der Waals surface area contributed by atoms with Gasteiger partial charge in [0, 0.05) is 18.7 Å². The molecule has 3 heterocycles. The average molecular weight is 360 g/mol. The van der Waals surface area contributed by atoms with Crippen molar-refractivity contribution in [2.75, 3.05) is 33.0 Å². The number of rotatable bonds is 3. The van der Waals surface area contributed by atoms with E-state index in [0.717, 1.165) is 4.90 Å². The minimum Gasteiger partial charge on any atom is -0.454 e. The number of imide groups is 1. The van der Waals surface area contributed by atoms with E-state index in [9.17, 15) is 19.2 Å². The van der Waals surface area contributed by atoms with E-state index in [-0.39, 0.29) is 32.3 Å². The number of carbonyl (C=O) groups excluding carboxylic acids is 4. The lowest BCUT2D eigenvalue weighted by molar-refractivity contribution is -0.132. The van der Waals surface area contributed by atoms with Crippen molar-refractivity contribution >= 4 is 23.8 Å². The molecule has 2 fully saturated rings. The molecule has 0 bridgehead atoms. The second kappa shape index (κ2) is 5.90. The van der Waals surface area contributed by atoms with E-state index in [1.807, 2.05) is 0 Å². The fourth-order valence-corrected chi connectivity index (χ4v) is 3.35. The molecule has 0 spiro atoms. The van der Waals surface area contributed by atoms with E-state index in [1.165, 1.54) is 9.80 Å². The monoisotopic (exact) mass is 360 g/mol. The number of amides is 5. The quantitative estimate of drug-likeness (QED) is 0.689. The van der Waals surface area contributed by atoms with Gasteiger partial charge in [-0.15, -0.1) is 0 Å². The van der Waals surface area contributed by atoms with E-state index in [4.69, 9.17) is 15.2 Å². The summed E-state index contributed by atoms with van der Waals surface area (Å²) in [5, 5.41) is 0. The highest BCUT2D eigenvalue weighted by atomic mass is 16.7. The minimum atomic E-state index is -0.798. The molecule has 0 unspecified atom stereocenters. The Morgan fingerprint density at radius 2 is 1.92 bits per heavy atom. The van der Waals surface area contributed by atoms with Gasteiger partial charge >= 0.3 is 6.03 Å². The first kappa shape index (κ1) is 16.2. The van der Waals surface area contributed by atoms with Gasteiger partial charge in [-0.2, -0.15) is 0 Å². The molecule has 3 aliphatic rings. The maximum absolute atomic E-state index is 12.8. The second-order valence-corrected chi connectivity index (χ2v) is 6.20. The van der Waals surface area contributed by atoms with Crippen molar-refractivity contribution in [2.45, 2.75) is 6.04 Å². The smallest absolute Gasteiger partial charge is 0.328 e. The number of primary amides is 1. The Kier molecular flexibility index (Phi) is 3.67. The van der Waals surface area contributed by atoms with Crippen LogP contribution in [0.2, 0.25) is 0 Å². The largest absolute Gasteiger partial charge is 0.454 e. The minimum absolute atomic E-state index is 0.0626. The normalized spacial score (nSPS) is 21.2. The zero-order valence-electron chi connectivity index (χ0n) is 13.7. The van der Waals surface area contributed by atoms with Crippen molar-refractivity contribution in [1.29, 1.82) is 0 Å². The van der Waals surface area contributed by atoms with Crippen LogP contribution in [0.5, 0.6) is 11.5 Å². The topological polar surface area (TPSA) is 122 Å². The summed E-state index contributed by atoms with van der Waals surface area (Å²) in [5.74, 6) is -0.479. The van der Waals surface area contributed by atoms with Crippen molar-refractivity contribution in [3.63, 3.8) is 0 Å². The fourth-order valence-electron chi connectivity index (χ4n) is 3.35. The second-order valence-electron chi connectivity index (χ2n) is 6.20. The average Bonchev–Trinajstić information content (AvgIpc) is 3.19. The van der Waals surface area contributed by atoms with Crippen LogP contribution in [-0.4, -0.2) is 77.5 Å². The standard InChI is InChI=1S/C16H16N4O6/c17-13(21)7-20-15(23)10-6-18(3-4-19(10)16(20)24)14(22)9-1-2-11-12(5-9)26-8-25-11/h1-2,5,10H,3-4,6-8H2,(H2,17,21)/t10-/m0/s1. The summed E-state index contributed by atoms with van der Waals surface area (Å²) in [6.07, 6.45) is 0. The highest BCUT2D eigenvalue weighted by molar-refractivity contribution is 6.07. The molecule has 1 aromatic rings. The van der Waals surface area contributed by atoms with Gasteiger partial charge < -0.3 is 25.0 Å². The van der Waals surface area contributed by atoms with Crippen LogP contribution >= 0.6 is 0 Å². The van der Waals surface area contributed by atoms with Gasteiger partial charge in [-0.3, -0.25) is 19.3 Å².